The molecular weight excluding hydrogens is 489 g/mol. The van der Waals surface area contributed by atoms with E-state index in [2.05, 4.69) is 25.3 Å². The lowest BCUT2D eigenvalue weighted by atomic mass is 10.1. The Bertz CT molecular complexity index is 1420. The molecule has 1 aliphatic heterocycles. The second kappa shape index (κ2) is 11.4. The highest BCUT2D eigenvalue weighted by molar-refractivity contribution is 5.93. The van der Waals surface area contributed by atoms with Gasteiger partial charge in [0.05, 0.1) is 31.1 Å². The highest BCUT2D eigenvalue weighted by Gasteiger charge is 2.22. The van der Waals surface area contributed by atoms with E-state index in [-0.39, 0.29) is 0 Å². The molecule has 2 aromatic carbocycles. The van der Waals surface area contributed by atoms with Crippen LogP contribution in [0.3, 0.4) is 0 Å². The predicted molar refractivity (Wildman–Crippen MR) is 141 cm³/mol. The van der Waals surface area contributed by atoms with Crippen LogP contribution >= 0.6 is 0 Å². The number of rotatable bonds is 11. The topological polar surface area (TPSA) is 120 Å². The average Bonchev–Trinajstić information content (AvgIpc) is 3.59. The molecule has 1 atom stereocenters. The first-order valence-electron chi connectivity index (χ1n) is 12.6. The number of nitrogens with one attached hydrogen (secondary N) is 1. The molecule has 0 bridgehead atoms. The van der Waals surface area contributed by atoms with E-state index in [1.807, 2.05) is 12.1 Å². The van der Waals surface area contributed by atoms with Gasteiger partial charge in [0.15, 0.2) is 17.5 Å². The molecule has 1 unspecified atom stereocenters. The van der Waals surface area contributed by atoms with Crippen molar-refractivity contribution in [1.29, 1.82) is 0 Å². The third-order valence-corrected chi connectivity index (χ3v) is 6.56. The van der Waals surface area contributed by atoms with Crippen LogP contribution in [0.25, 0.3) is 10.9 Å². The summed E-state index contributed by atoms with van der Waals surface area (Å²) in [5, 5.41) is 8.21. The molecule has 0 radical (unpaired) electrons. The smallest absolute Gasteiger partial charge is 0.246 e. The van der Waals surface area contributed by atoms with E-state index in [1.54, 1.807) is 19.4 Å². The van der Waals surface area contributed by atoms with Crippen LogP contribution in [0.5, 0.6) is 11.5 Å². The number of amides is 1. The van der Waals surface area contributed by atoms with E-state index in [9.17, 15) is 9.18 Å². The maximum atomic E-state index is 13.8. The van der Waals surface area contributed by atoms with Crippen LogP contribution in [0.2, 0.25) is 0 Å². The number of hydrogen-bond donors (Lipinski definition) is 2. The SMILES string of the molecule is COc1cc2c(Nc3cnn(C(C(N)=O)c4cccc(F)c4)c3)ncnc2cc1OCCCN1CCCC1. The van der Waals surface area contributed by atoms with Gasteiger partial charge in [-0.25, -0.2) is 14.4 Å². The Hall–Kier alpha value is -4.25. The van der Waals surface area contributed by atoms with Gasteiger partial charge in [-0.05, 0) is 56.1 Å². The van der Waals surface area contributed by atoms with Gasteiger partial charge >= 0.3 is 0 Å². The molecule has 1 amide bonds. The highest BCUT2D eigenvalue weighted by atomic mass is 19.1. The van der Waals surface area contributed by atoms with Gasteiger partial charge in [-0.3, -0.25) is 9.48 Å². The summed E-state index contributed by atoms with van der Waals surface area (Å²) in [6.07, 6.45) is 8.09. The molecule has 3 N–H and O–H groups in total. The Balaban J connectivity index is 1.34. The Morgan fingerprint density at radius 2 is 2.03 bits per heavy atom. The number of fused-ring (bicyclic) bond motifs is 1. The number of carbonyl (C=O) groups excluding carboxylic acids is 1. The summed E-state index contributed by atoms with van der Waals surface area (Å²) in [6.45, 7) is 3.94. The van der Waals surface area contributed by atoms with Crippen LogP contribution in [0.15, 0.2) is 55.1 Å². The van der Waals surface area contributed by atoms with Crippen molar-refractivity contribution >= 4 is 28.3 Å². The number of aromatic nitrogens is 4. The first-order chi connectivity index (χ1) is 18.5. The molecule has 0 saturated carbocycles. The fourth-order valence-electron chi connectivity index (χ4n) is 4.72. The summed E-state index contributed by atoms with van der Waals surface area (Å²) in [7, 11) is 1.59. The maximum absolute atomic E-state index is 13.8. The molecule has 5 rings (SSSR count). The molecule has 198 valence electrons. The van der Waals surface area contributed by atoms with E-state index in [0.717, 1.165) is 18.4 Å². The zero-order valence-electron chi connectivity index (χ0n) is 21.1. The number of nitrogens with two attached hydrogens (primary N) is 1. The molecule has 0 aliphatic carbocycles. The molecule has 1 fully saturated rings. The van der Waals surface area contributed by atoms with Gasteiger partial charge in [0, 0.05) is 24.2 Å². The first-order valence-corrected chi connectivity index (χ1v) is 12.6. The lowest BCUT2D eigenvalue weighted by Crippen LogP contribution is -2.27. The van der Waals surface area contributed by atoms with Crippen molar-refractivity contribution in [3.63, 3.8) is 0 Å². The van der Waals surface area contributed by atoms with Crippen LogP contribution in [-0.4, -0.2) is 63.9 Å². The zero-order valence-corrected chi connectivity index (χ0v) is 21.1. The fourth-order valence-corrected chi connectivity index (χ4v) is 4.72. The fraction of sp³-hybridized carbons (Fsp3) is 0.333. The minimum Gasteiger partial charge on any atom is -0.493 e. The number of nitrogens with zero attached hydrogens (tertiary/aromatic N) is 5. The largest absolute Gasteiger partial charge is 0.493 e. The van der Waals surface area contributed by atoms with Gasteiger partial charge < -0.3 is 25.4 Å². The number of ether oxygens (including phenoxy) is 2. The molecule has 0 spiro atoms. The summed E-state index contributed by atoms with van der Waals surface area (Å²) in [5.74, 6) is 0.603. The summed E-state index contributed by atoms with van der Waals surface area (Å²) in [6, 6.07) is 8.43. The van der Waals surface area contributed by atoms with Gasteiger partial charge in [0.1, 0.15) is 18.0 Å². The van der Waals surface area contributed by atoms with Crippen LogP contribution in [0, 0.1) is 5.82 Å². The molecule has 3 heterocycles. The van der Waals surface area contributed by atoms with Crippen LogP contribution in [0.1, 0.15) is 30.9 Å². The van der Waals surface area contributed by atoms with Gasteiger partial charge in [0.25, 0.3) is 0 Å². The normalized spacial score (nSPS) is 14.5. The molecule has 38 heavy (non-hydrogen) atoms. The van der Waals surface area contributed by atoms with E-state index in [1.165, 1.54) is 61.3 Å². The van der Waals surface area contributed by atoms with Gasteiger partial charge in [-0.1, -0.05) is 12.1 Å². The first kappa shape index (κ1) is 25.4. The van der Waals surface area contributed by atoms with Gasteiger partial charge in [-0.15, -0.1) is 0 Å². The Labute approximate surface area is 219 Å². The quantitative estimate of drug-likeness (QED) is 0.288. The Morgan fingerprint density at radius 1 is 1.18 bits per heavy atom. The van der Waals surface area contributed by atoms with E-state index >= 15 is 0 Å². The number of likely N-dealkylation sites (tertiary alicyclic amines) is 1. The summed E-state index contributed by atoms with van der Waals surface area (Å²) in [5.41, 5.74) is 7.26. The molecule has 4 aromatic rings. The van der Waals surface area contributed by atoms with Crippen LogP contribution in [0.4, 0.5) is 15.9 Å². The Kier molecular flexibility index (Phi) is 7.64. The third-order valence-electron chi connectivity index (χ3n) is 6.56. The van der Waals surface area contributed by atoms with Crippen molar-refractivity contribution in [1.82, 2.24) is 24.6 Å². The Morgan fingerprint density at radius 3 is 2.79 bits per heavy atom. The van der Waals surface area contributed by atoms with Gasteiger partial charge in [-0.2, -0.15) is 5.10 Å². The molecule has 2 aromatic heterocycles. The number of primary amides is 1. The number of hydrogen-bond acceptors (Lipinski definition) is 8. The number of anilines is 2. The second-order valence-corrected chi connectivity index (χ2v) is 9.19. The van der Waals surface area contributed by atoms with Crippen molar-refractivity contribution in [2.45, 2.75) is 25.3 Å². The van der Waals surface area contributed by atoms with Crippen molar-refractivity contribution in [3.05, 3.63) is 66.5 Å². The van der Waals surface area contributed by atoms with Crippen LogP contribution < -0.4 is 20.5 Å². The molecule has 1 aliphatic rings. The number of methoxy groups -OCH3 is 1. The van der Waals surface area contributed by atoms with E-state index in [0.29, 0.717) is 40.7 Å². The lowest BCUT2D eigenvalue weighted by molar-refractivity contribution is -0.120. The number of benzene rings is 2. The predicted octanol–water partition coefficient (Wildman–Crippen LogP) is 3.66. The van der Waals surface area contributed by atoms with Crippen molar-refractivity contribution in [3.8, 4) is 11.5 Å². The third kappa shape index (κ3) is 5.67. The minimum absolute atomic E-state index is 0.400. The monoisotopic (exact) mass is 519 g/mol. The highest BCUT2D eigenvalue weighted by Crippen LogP contribution is 2.35. The molecule has 1 saturated heterocycles. The number of halogens is 1. The van der Waals surface area contributed by atoms with Crippen molar-refractivity contribution in [2.75, 3.05) is 38.7 Å². The summed E-state index contributed by atoms with van der Waals surface area (Å²) >= 11 is 0. The average molecular weight is 520 g/mol. The summed E-state index contributed by atoms with van der Waals surface area (Å²) in [4.78, 5) is 23.4. The standard InChI is InChI=1S/C27H30FN7O3/c1-37-23-13-21-22(14-24(23)38-11-5-10-34-8-2-3-9-34)30-17-31-27(21)33-20-15-32-35(16-20)25(26(29)36)18-6-4-7-19(28)12-18/h4,6-7,12-17,25H,2-3,5,8-11H2,1H3,(H2,29,36)(H,30,31,33). The van der Waals surface area contributed by atoms with Crippen molar-refractivity contribution in [2.24, 2.45) is 5.73 Å². The van der Waals surface area contributed by atoms with E-state index in [4.69, 9.17) is 15.2 Å². The van der Waals surface area contributed by atoms with Crippen LogP contribution in [-0.2, 0) is 4.79 Å². The van der Waals surface area contributed by atoms with Gasteiger partial charge in [0.2, 0.25) is 5.91 Å². The molecular formula is C27H30FN7O3. The summed E-state index contributed by atoms with van der Waals surface area (Å²) < 4.78 is 26.8. The molecule has 11 heteroatoms. The minimum atomic E-state index is -0.964. The molecule has 10 nitrogen and oxygen atoms in total. The number of carbonyl (C=O) groups is 1. The second-order valence-electron chi connectivity index (χ2n) is 9.19. The lowest BCUT2D eigenvalue weighted by Gasteiger charge is -2.16. The van der Waals surface area contributed by atoms with E-state index < -0.39 is 17.8 Å². The maximum Gasteiger partial charge on any atom is 0.246 e. The zero-order chi connectivity index (χ0) is 26.5. The van der Waals surface area contributed by atoms with Crippen molar-refractivity contribution < 1.29 is 18.7 Å².